The molecule has 7 heteroatoms. The molecule has 0 saturated carbocycles. The molecule has 2 aliphatic heterocycles. The number of carbonyl (C=O) groups excluding carboxylic acids is 3. The summed E-state index contributed by atoms with van der Waals surface area (Å²) in [6, 6.07) is 1.96. The van der Waals surface area contributed by atoms with E-state index in [0.717, 1.165) is 16.7 Å². The second-order valence-corrected chi connectivity index (χ2v) is 7.44. The molecule has 0 aromatic carbocycles. The minimum atomic E-state index is -0.231. The van der Waals surface area contributed by atoms with Gasteiger partial charge >= 0.3 is 5.97 Å². The number of aryl methyl sites for hydroxylation is 1. The first-order chi connectivity index (χ1) is 13.5. The number of ether oxygens (including phenoxy) is 1. The van der Waals surface area contributed by atoms with E-state index in [4.69, 9.17) is 4.74 Å². The maximum Gasteiger partial charge on any atom is 0.333 e. The highest BCUT2D eigenvalue weighted by Crippen LogP contribution is 2.37. The van der Waals surface area contributed by atoms with Gasteiger partial charge in [0.1, 0.15) is 5.82 Å². The van der Waals surface area contributed by atoms with Gasteiger partial charge in [-0.25, -0.2) is 9.78 Å². The number of fused-ring (bicyclic) bond motifs is 2. The summed E-state index contributed by atoms with van der Waals surface area (Å²) in [5, 5.41) is 2.75. The molecule has 0 bridgehead atoms. The van der Waals surface area contributed by atoms with Gasteiger partial charge in [-0.2, -0.15) is 0 Å². The number of rotatable bonds is 4. The molecule has 1 fully saturated rings. The van der Waals surface area contributed by atoms with E-state index in [2.05, 4.69) is 10.3 Å². The van der Waals surface area contributed by atoms with Crippen molar-refractivity contribution in [2.45, 2.75) is 33.6 Å². The van der Waals surface area contributed by atoms with Gasteiger partial charge in [0.25, 0.3) is 0 Å². The van der Waals surface area contributed by atoms with E-state index in [1.807, 2.05) is 17.0 Å². The molecule has 29 heavy (non-hydrogen) atoms. The first-order valence-corrected chi connectivity index (χ1v) is 9.67. The predicted molar refractivity (Wildman–Crippen MR) is 110 cm³/mol. The summed E-state index contributed by atoms with van der Waals surface area (Å²) in [5.74, 6) is 0.850. The van der Waals surface area contributed by atoms with Crippen LogP contribution in [0.3, 0.4) is 0 Å². The summed E-state index contributed by atoms with van der Waals surface area (Å²) < 4.78 is 5.07. The number of nitrogens with zero attached hydrogens (tertiary/aromatic N) is 2. The predicted octanol–water partition coefficient (Wildman–Crippen LogP) is 2.58. The van der Waals surface area contributed by atoms with E-state index < -0.39 is 0 Å². The van der Waals surface area contributed by atoms with E-state index in [1.165, 1.54) is 0 Å². The fraction of sp³-hybridized carbons (Fsp3) is 0.455. The van der Waals surface area contributed by atoms with Crippen LogP contribution < -0.4 is 5.32 Å². The Morgan fingerprint density at radius 1 is 1.34 bits per heavy atom. The Balaban J connectivity index is 0.00000240. The Bertz CT molecular complexity index is 890. The molecule has 4 rings (SSSR count). The standard InChI is InChI=1S/C21H23N3O4.CH4/c1-2-28-21(27)15-8-16-11-24(12-17(16)9-15)19(26)6-3-13-7-14-4-5-18(25)23-20(14)22-10-13;/h3,6-8,10,16-17H,2,4-5,9,11-12H2,1H3,(H,22,23,25);1H4/b6-3+;. The van der Waals surface area contributed by atoms with Crippen LogP contribution in [-0.4, -0.2) is 47.4 Å². The second kappa shape index (κ2) is 8.59. The van der Waals surface area contributed by atoms with Gasteiger partial charge in [-0.1, -0.05) is 13.5 Å². The number of aromatic nitrogens is 1. The van der Waals surface area contributed by atoms with Crippen LogP contribution in [0.4, 0.5) is 5.82 Å². The number of hydrogen-bond acceptors (Lipinski definition) is 5. The molecular formula is C22H27N3O4. The van der Waals surface area contributed by atoms with Gasteiger partial charge in [0, 0.05) is 43.3 Å². The maximum atomic E-state index is 12.5. The fourth-order valence-electron chi connectivity index (χ4n) is 4.10. The minimum Gasteiger partial charge on any atom is -0.463 e. The summed E-state index contributed by atoms with van der Waals surface area (Å²) in [6.07, 6.45) is 8.76. The molecule has 7 nitrogen and oxygen atoms in total. The highest BCUT2D eigenvalue weighted by molar-refractivity contribution is 5.94. The van der Waals surface area contributed by atoms with Crippen LogP contribution in [0.5, 0.6) is 0 Å². The molecule has 3 heterocycles. The monoisotopic (exact) mass is 397 g/mol. The summed E-state index contributed by atoms with van der Waals surface area (Å²) in [7, 11) is 0. The van der Waals surface area contributed by atoms with Crippen LogP contribution in [0.2, 0.25) is 0 Å². The van der Waals surface area contributed by atoms with Crippen molar-refractivity contribution in [2.75, 3.05) is 25.0 Å². The Morgan fingerprint density at radius 2 is 2.17 bits per heavy atom. The lowest BCUT2D eigenvalue weighted by atomic mass is 10.00. The number of hydrogen-bond donors (Lipinski definition) is 1. The minimum absolute atomic E-state index is 0. The maximum absolute atomic E-state index is 12.5. The van der Waals surface area contributed by atoms with Crippen molar-refractivity contribution in [1.29, 1.82) is 0 Å². The van der Waals surface area contributed by atoms with E-state index in [0.29, 0.717) is 50.7 Å². The number of esters is 1. The first kappa shape index (κ1) is 20.8. The van der Waals surface area contributed by atoms with Crippen LogP contribution >= 0.6 is 0 Å². The molecule has 0 spiro atoms. The van der Waals surface area contributed by atoms with Crippen molar-refractivity contribution < 1.29 is 19.1 Å². The first-order valence-electron chi connectivity index (χ1n) is 9.67. The van der Waals surface area contributed by atoms with Gasteiger partial charge in [-0.3, -0.25) is 9.59 Å². The van der Waals surface area contributed by atoms with Crippen LogP contribution in [0.1, 0.15) is 38.3 Å². The summed E-state index contributed by atoms with van der Waals surface area (Å²) in [4.78, 5) is 41.9. The molecule has 2 atom stereocenters. The quantitative estimate of drug-likeness (QED) is 0.623. The smallest absolute Gasteiger partial charge is 0.333 e. The number of amides is 2. The van der Waals surface area contributed by atoms with Gasteiger partial charge in [-0.15, -0.1) is 0 Å². The number of pyridine rings is 1. The van der Waals surface area contributed by atoms with Gasteiger partial charge in [0.15, 0.2) is 0 Å². The zero-order valence-electron chi connectivity index (χ0n) is 15.8. The fourth-order valence-corrected chi connectivity index (χ4v) is 4.10. The second-order valence-electron chi connectivity index (χ2n) is 7.44. The van der Waals surface area contributed by atoms with Crippen molar-refractivity contribution >= 4 is 29.7 Å². The number of nitrogens with one attached hydrogen (secondary N) is 1. The van der Waals surface area contributed by atoms with Gasteiger partial charge in [0.05, 0.1) is 6.61 Å². The molecule has 1 aromatic heterocycles. The molecule has 154 valence electrons. The SMILES string of the molecule is C.CCOC(=O)C1=CC2CN(C(=O)/C=C/c3cnc4c(c3)CCC(=O)N4)CC2C1. The topological polar surface area (TPSA) is 88.6 Å². The molecular weight excluding hydrogens is 370 g/mol. The Labute approximate surface area is 170 Å². The molecule has 0 radical (unpaired) electrons. The van der Waals surface area contributed by atoms with Gasteiger partial charge in [0.2, 0.25) is 11.8 Å². The summed E-state index contributed by atoms with van der Waals surface area (Å²) in [5.41, 5.74) is 2.57. The van der Waals surface area contributed by atoms with Crippen LogP contribution in [0, 0.1) is 11.8 Å². The molecule has 2 unspecified atom stereocenters. The highest BCUT2D eigenvalue weighted by Gasteiger charge is 2.39. The Morgan fingerprint density at radius 3 is 2.93 bits per heavy atom. The summed E-state index contributed by atoms with van der Waals surface area (Å²) >= 11 is 0. The number of carbonyl (C=O) groups is 3. The van der Waals surface area contributed by atoms with Gasteiger partial charge < -0.3 is 15.0 Å². The van der Waals surface area contributed by atoms with Crippen molar-refractivity contribution in [3.63, 3.8) is 0 Å². The van der Waals surface area contributed by atoms with E-state index in [9.17, 15) is 14.4 Å². The zero-order valence-corrected chi connectivity index (χ0v) is 15.8. The van der Waals surface area contributed by atoms with E-state index in [-0.39, 0.29) is 31.1 Å². The average molecular weight is 397 g/mol. The normalized spacial score (nSPS) is 22.4. The van der Waals surface area contributed by atoms with E-state index in [1.54, 1.807) is 25.3 Å². The van der Waals surface area contributed by atoms with E-state index >= 15 is 0 Å². The molecule has 1 aliphatic carbocycles. The molecule has 1 saturated heterocycles. The Kier molecular flexibility index (Phi) is 6.15. The lowest BCUT2D eigenvalue weighted by Gasteiger charge is -2.16. The summed E-state index contributed by atoms with van der Waals surface area (Å²) in [6.45, 7) is 3.47. The van der Waals surface area contributed by atoms with Crippen molar-refractivity contribution in [3.8, 4) is 0 Å². The molecule has 3 aliphatic rings. The van der Waals surface area contributed by atoms with Crippen LogP contribution in [0.15, 0.2) is 30.0 Å². The lowest BCUT2D eigenvalue weighted by molar-refractivity contribution is -0.138. The van der Waals surface area contributed by atoms with Crippen molar-refractivity contribution in [1.82, 2.24) is 9.88 Å². The molecule has 1 aromatic rings. The van der Waals surface area contributed by atoms with Gasteiger partial charge in [-0.05, 0) is 49.0 Å². The largest absolute Gasteiger partial charge is 0.463 e. The van der Waals surface area contributed by atoms with Crippen LogP contribution in [-0.2, 0) is 25.5 Å². The number of anilines is 1. The Hall–Kier alpha value is -2.96. The average Bonchev–Trinajstić information content (AvgIpc) is 3.25. The lowest BCUT2D eigenvalue weighted by Crippen LogP contribution is -2.27. The molecule has 1 N–H and O–H groups in total. The highest BCUT2D eigenvalue weighted by atomic mass is 16.5. The third-order valence-corrected chi connectivity index (χ3v) is 5.52. The van der Waals surface area contributed by atoms with Crippen molar-refractivity contribution in [2.24, 2.45) is 11.8 Å². The number of likely N-dealkylation sites (tertiary alicyclic amines) is 1. The zero-order chi connectivity index (χ0) is 19.7. The van der Waals surface area contributed by atoms with Crippen molar-refractivity contribution in [3.05, 3.63) is 41.1 Å². The third kappa shape index (κ3) is 4.39. The van der Waals surface area contributed by atoms with Crippen LogP contribution in [0.25, 0.3) is 6.08 Å². The third-order valence-electron chi connectivity index (χ3n) is 5.52. The molecule has 2 amide bonds.